The number of hydrogen-bond acceptors (Lipinski definition) is 3. The van der Waals surface area contributed by atoms with E-state index >= 15 is 0 Å². The van der Waals surface area contributed by atoms with Crippen molar-refractivity contribution in [2.45, 2.75) is 51.6 Å². The fourth-order valence-corrected chi connectivity index (χ4v) is 3.51. The molecule has 1 aromatic heterocycles. The zero-order chi connectivity index (χ0) is 13.2. The summed E-state index contributed by atoms with van der Waals surface area (Å²) in [6.45, 7) is 7.03. The molecule has 3 rings (SSSR count). The number of imidazole rings is 1. The van der Waals surface area contributed by atoms with Crippen LogP contribution in [0.1, 0.15) is 37.7 Å². The van der Waals surface area contributed by atoms with Gasteiger partial charge in [-0.15, -0.1) is 0 Å². The second-order valence-electron chi connectivity index (χ2n) is 6.20. The molecule has 2 unspecified atom stereocenters. The summed E-state index contributed by atoms with van der Waals surface area (Å²) in [5.74, 6) is 2.00. The quantitative estimate of drug-likeness (QED) is 0.896. The standard InChI is InChI=1S/C15H26N4/c1-2-18-6-3-4-12(10-18)8-14-11-19-7-5-13(16)9-15(19)17-14/h11-13H,2-10,16H2,1H3. The van der Waals surface area contributed by atoms with E-state index < -0.39 is 0 Å². The third-order valence-electron chi connectivity index (χ3n) is 4.64. The monoisotopic (exact) mass is 262 g/mol. The zero-order valence-corrected chi connectivity index (χ0v) is 12.0. The maximum absolute atomic E-state index is 6.02. The van der Waals surface area contributed by atoms with Crippen LogP contribution in [0.2, 0.25) is 0 Å². The van der Waals surface area contributed by atoms with E-state index in [0.29, 0.717) is 6.04 Å². The van der Waals surface area contributed by atoms with Crippen LogP contribution in [0.15, 0.2) is 6.20 Å². The van der Waals surface area contributed by atoms with Crippen molar-refractivity contribution < 1.29 is 0 Å². The SMILES string of the molecule is CCN1CCCC(Cc2cn3c(n2)CC(N)CC3)C1. The number of fused-ring (bicyclic) bond motifs is 1. The molecule has 2 atom stereocenters. The number of aromatic nitrogens is 2. The molecule has 2 N–H and O–H groups in total. The summed E-state index contributed by atoms with van der Waals surface area (Å²) >= 11 is 0. The summed E-state index contributed by atoms with van der Waals surface area (Å²) < 4.78 is 2.32. The van der Waals surface area contributed by atoms with E-state index in [1.165, 1.54) is 44.0 Å². The summed E-state index contributed by atoms with van der Waals surface area (Å²) in [7, 11) is 0. The minimum atomic E-state index is 0.313. The van der Waals surface area contributed by atoms with Gasteiger partial charge in [0.25, 0.3) is 0 Å². The Balaban J connectivity index is 1.64. The Morgan fingerprint density at radius 3 is 3.11 bits per heavy atom. The van der Waals surface area contributed by atoms with Gasteiger partial charge in [0.15, 0.2) is 0 Å². The Morgan fingerprint density at radius 1 is 1.37 bits per heavy atom. The lowest BCUT2D eigenvalue weighted by Gasteiger charge is -2.31. The first-order valence-corrected chi connectivity index (χ1v) is 7.77. The van der Waals surface area contributed by atoms with Crippen molar-refractivity contribution in [3.05, 3.63) is 17.7 Å². The molecule has 0 aliphatic carbocycles. The highest BCUT2D eigenvalue weighted by Crippen LogP contribution is 2.22. The van der Waals surface area contributed by atoms with E-state index in [9.17, 15) is 0 Å². The molecular weight excluding hydrogens is 236 g/mol. The summed E-state index contributed by atoms with van der Waals surface area (Å²) in [4.78, 5) is 7.38. The van der Waals surface area contributed by atoms with Gasteiger partial charge in [-0.3, -0.25) is 0 Å². The van der Waals surface area contributed by atoms with Gasteiger partial charge in [-0.2, -0.15) is 0 Å². The molecule has 0 saturated carbocycles. The number of nitrogens with two attached hydrogens (primary N) is 1. The zero-order valence-electron chi connectivity index (χ0n) is 12.0. The molecule has 1 aromatic rings. The number of nitrogens with zero attached hydrogens (tertiary/aromatic N) is 3. The molecule has 3 heterocycles. The molecular formula is C15H26N4. The first-order valence-electron chi connectivity index (χ1n) is 7.77. The van der Waals surface area contributed by atoms with Gasteiger partial charge in [-0.1, -0.05) is 6.92 Å². The molecule has 4 nitrogen and oxygen atoms in total. The van der Waals surface area contributed by atoms with Crippen LogP contribution < -0.4 is 5.73 Å². The van der Waals surface area contributed by atoms with Crippen LogP contribution in [0, 0.1) is 5.92 Å². The Bertz CT molecular complexity index is 426. The predicted octanol–water partition coefficient (Wildman–Crippen LogP) is 1.43. The minimum Gasteiger partial charge on any atom is -0.335 e. The molecule has 0 bridgehead atoms. The van der Waals surface area contributed by atoms with Crippen molar-refractivity contribution in [2.24, 2.45) is 11.7 Å². The maximum atomic E-state index is 6.02. The first kappa shape index (κ1) is 13.1. The second-order valence-corrected chi connectivity index (χ2v) is 6.20. The van der Waals surface area contributed by atoms with E-state index in [4.69, 9.17) is 10.7 Å². The van der Waals surface area contributed by atoms with Gasteiger partial charge in [0.05, 0.1) is 5.69 Å². The number of hydrogen-bond donors (Lipinski definition) is 1. The molecule has 2 aliphatic heterocycles. The largest absolute Gasteiger partial charge is 0.335 e. The minimum absolute atomic E-state index is 0.313. The summed E-state index contributed by atoms with van der Waals surface area (Å²) in [6, 6.07) is 0.313. The molecule has 4 heteroatoms. The Morgan fingerprint density at radius 2 is 2.26 bits per heavy atom. The smallest absolute Gasteiger partial charge is 0.110 e. The fraction of sp³-hybridized carbons (Fsp3) is 0.800. The van der Waals surface area contributed by atoms with Crippen LogP contribution in [0.25, 0.3) is 0 Å². The first-order chi connectivity index (χ1) is 9.24. The molecule has 2 aliphatic rings. The maximum Gasteiger partial charge on any atom is 0.110 e. The van der Waals surface area contributed by atoms with Gasteiger partial charge >= 0.3 is 0 Å². The van der Waals surface area contributed by atoms with E-state index in [1.807, 2.05) is 0 Å². The van der Waals surface area contributed by atoms with Gasteiger partial charge in [-0.05, 0) is 44.7 Å². The lowest BCUT2D eigenvalue weighted by atomic mass is 9.94. The van der Waals surface area contributed by atoms with E-state index in [2.05, 4.69) is 22.6 Å². The Labute approximate surface area is 116 Å². The van der Waals surface area contributed by atoms with Crippen molar-refractivity contribution in [1.29, 1.82) is 0 Å². The summed E-state index contributed by atoms with van der Waals surface area (Å²) in [5, 5.41) is 0. The summed E-state index contributed by atoms with van der Waals surface area (Å²) in [6.07, 6.45) is 8.16. The highest BCUT2D eigenvalue weighted by atomic mass is 15.1. The van der Waals surface area contributed by atoms with Crippen molar-refractivity contribution in [2.75, 3.05) is 19.6 Å². The molecule has 1 saturated heterocycles. The predicted molar refractivity (Wildman–Crippen MR) is 77.1 cm³/mol. The molecule has 19 heavy (non-hydrogen) atoms. The third-order valence-corrected chi connectivity index (χ3v) is 4.64. The molecule has 1 fully saturated rings. The number of likely N-dealkylation sites (tertiary alicyclic amines) is 1. The number of rotatable bonds is 3. The van der Waals surface area contributed by atoms with Gasteiger partial charge < -0.3 is 15.2 Å². The topological polar surface area (TPSA) is 47.1 Å². The van der Waals surface area contributed by atoms with Crippen LogP contribution in [-0.2, 0) is 19.4 Å². The van der Waals surface area contributed by atoms with Crippen LogP contribution in [-0.4, -0.2) is 40.1 Å². The second kappa shape index (κ2) is 5.63. The number of aryl methyl sites for hydroxylation is 1. The lowest BCUT2D eigenvalue weighted by molar-refractivity contribution is 0.181. The van der Waals surface area contributed by atoms with E-state index in [0.717, 1.165) is 31.7 Å². The van der Waals surface area contributed by atoms with Gasteiger partial charge in [0.2, 0.25) is 0 Å². The average molecular weight is 262 g/mol. The van der Waals surface area contributed by atoms with E-state index in [1.54, 1.807) is 0 Å². The number of piperidine rings is 1. The average Bonchev–Trinajstić information content (AvgIpc) is 2.80. The van der Waals surface area contributed by atoms with Crippen molar-refractivity contribution in [1.82, 2.24) is 14.5 Å². The fourth-order valence-electron chi connectivity index (χ4n) is 3.51. The molecule has 0 aromatic carbocycles. The van der Waals surface area contributed by atoms with Crippen molar-refractivity contribution in [3.8, 4) is 0 Å². The highest BCUT2D eigenvalue weighted by molar-refractivity contribution is 5.09. The molecule has 0 spiro atoms. The molecule has 0 amide bonds. The van der Waals surface area contributed by atoms with Crippen LogP contribution in [0.5, 0.6) is 0 Å². The van der Waals surface area contributed by atoms with Crippen LogP contribution in [0.3, 0.4) is 0 Å². The van der Waals surface area contributed by atoms with Gasteiger partial charge in [0, 0.05) is 31.7 Å². The van der Waals surface area contributed by atoms with Crippen LogP contribution in [0.4, 0.5) is 0 Å². The molecule has 106 valence electrons. The third kappa shape index (κ3) is 3.00. The molecule has 0 radical (unpaired) electrons. The Kier molecular flexibility index (Phi) is 3.89. The van der Waals surface area contributed by atoms with Crippen LogP contribution >= 0.6 is 0 Å². The Hall–Kier alpha value is -0.870. The highest BCUT2D eigenvalue weighted by Gasteiger charge is 2.22. The summed E-state index contributed by atoms with van der Waals surface area (Å²) in [5.41, 5.74) is 7.30. The van der Waals surface area contributed by atoms with Crippen molar-refractivity contribution in [3.63, 3.8) is 0 Å². The van der Waals surface area contributed by atoms with Gasteiger partial charge in [0.1, 0.15) is 5.82 Å². The van der Waals surface area contributed by atoms with Crippen molar-refractivity contribution >= 4 is 0 Å². The normalized spacial score (nSPS) is 28.3. The van der Waals surface area contributed by atoms with E-state index in [-0.39, 0.29) is 0 Å². The lowest BCUT2D eigenvalue weighted by Crippen LogP contribution is -2.35. The van der Waals surface area contributed by atoms with Gasteiger partial charge in [-0.25, -0.2) is 4.98 Å².